The fourth-order valence-electron chi connectivity index (χ4n) is 0.668. The van der Waals surface area contributed by atoms with Gasteiger partial charge in [0.25, 0.3) is 0 Å². The van der Waals surface area contributed by atoms with E-state index in [0.717, 1.165) is 0 Å². The maximum Gasteiger partial charge on any atom is 1.00 e. The van der Waals surface area contributed by atoms with E-state index in [0.29, 0.717) is 0 Å². The third-order valence-electron chi connectivity index (χ3n) is 1.51. The summed E-state index contributed by atoms with van der Waals surface area (Å²) in [5, 5.41) is 51.8. The second kappa shape index (κ2) is 10.9. The van der Waals surface area contributed by atoms with Crippen molar-refractivity contribution in [3.8, 4) is 0 Å². The molecule has 0 aliphatic carbocycles. The molecule has 0 fully saturated rings. The maximum atomic E-state index is 10.1. The van der Waals surface area contributed by atoms with Crippen molar-refractivity contribution >= 4 is 5.97 Å². The van der Waals surface area contributed by atoms with Crippen LogP contribution in [-0.4, -0.2) is 67.6 Å². The summed E-state index contributed by atoms with van der Waals surface area (Å²) in [4.78, 5) is 10.1. The first-order chi connectivity index (χ1) is 5.91. The van der Waals surface area contributed by atoms with Crippen molar-refractivity contribution in [2.45, 2.75) is 24.4 Å². The molecule has 0 unspecified atom stereocenters. The van der Waals surface area contributed by atoms with Crippen molar-refractivity contribution in [1.82, 2.24) is 0 Å². The molecule has 6 N–H and O–H groups in total. The van der Waals surface area contributed by atoms with Crippen LogP contribution in [0, 0.1) is 0 Å². The molecule has 0 aromatic heterocycles. The van der Waals surface area contributed by atoms with Crippen LogP contribution in [-0.2, 0) is 31.0 Å². The number of carbonyl (C=O) groups is 1. The van der Waals surface area contributed by atoms with Gasteiger partial charge in [-0.25, -0.2) is 4.79 Å². The zero-order valence-electron chi connectivity index (χ0n) is 9.11. The van der Waals surface area contributed by atoms with Crippen LogP contribution in [0.5, 0.6) is 0 Å². The molecule has 0 aliphatic rings. The summed E-state index contributed by atoms with van der Waals surface area (Å²) in [6.45, 7) is -0.843. The maximum absolute atomic E-state index is 10.1. The SMILES string of the molecule is O=C(O)[C@H](O)[C@@H](O)[C@H](O)[C@H](O)CO.[H-].[K+].[Zr]. The molecule has 7 nitrogen and oxygen atoms in total. The first kappa shape index (κ1) is 22.0. The molecule has 0 bridgehead atoms. The Bertz CT molecular complexity index is 186. The minimum absolute atomic E-state index is 0. The van der Waals surface area contributed by atoms with E-state index in [9.17, 15) is 4.79 Å². The first-order valence-electron chi connectivity index (χ1n) is 3.47. The van der Waals surface area contributed by atoms with Gasteiger partial charge in [0.2, 0.25) is 0 Å². The van der Waals surface area contributed by atoms with E-state index in [1.807, 2.05) is 0 Å². The number of aliphatic hydroxyl groups is 5. The van der Waals surface area contributed by atoms with Crippen LogP contribution in [0.2, 0.25) is 0 Å². The molecular weight excluding hydrogens is 314 g/mol. The molecule has 0 rings (SSSR count). The number of rotatable bonds is 5. The van der Waals surface area contributed by atoms with Crippen molar-refractivity contribution in [2.75, 3.05) is 6.61 Å². The van der Waals surface area contributed by atoms with Gasteiger partial charge >= 0.3 is 57.4 Å². The van der Waals surface area contributed by atoms with Gasteiger partial charge in [-0.3, -0.25) is 0 Å². The standard InChI is InChI=1S/C6H12O7.K.Zr.H/c7-1-2(8)3(9)4(10)5(11)6(12)13;;;/h2-5,7-11H,1H2,(H,12,13);;;/q;+1;;-1/t2-,3-,4+,5-;;;/m1.../s1. The Morgan fingerprint density at radius 3 is 1.80 bits per heavy atom. The molecule has 0 aliphatic heterocycles. The summed E-state index contributed by atoms with van der Waals surface area (Å²) in [5.41, 5.74) is 0. The van der Waals surface area contributed by atoms with Gasteiger partial charge in [-0.1, -0.05) is 0 Å². The zero-order chi connectivity index (χ0) is 10.6. The zero-order valence-corrected chi connectivity index (χ0v) is 13.7. The van der Waals surface area contributed by atoms with Crippen molar-refractivity contribution in [2.24, 2.45) is 0 Å². The molecule has 0 amide bonds. The monoisotopic (exact) mass is 326 g/mol. The molecule has 84 valence electrons. The number of hydrogen-bond acceptors (Lipinski definition) is 6. The number of carboxylic acids is 1. The number of aliphatic hydroxyl groups excluding tert-OH is 5. The third-order valence-corrected chi connectivity index (χ3v) is 1.51. The van der Waals surface area contributed by atoms with Gasteiger partial charge in [0, 0.05) is 26.2 Å². The third kappa shape index (κ3) is 7.67. The Balaban J connectivity index is -0.000000240. The number of carboxylic acid groups (broad SMARTS) is 1. The minimum Gasteiger partial charge on any atom is -1.00 e. The van der Waals surface area contributed by atoms with E-state index in [2.05, 4.69) is 0 Å². The van der Waals surface area contributed by atoms with Gasteiger partial charge in [-0.15, -0.1) is 0 Å². The van der Waals surface area contributed by atoms with Gasteiger partial charge in [-0.05, 0) is 0 Å². The van der Waals surface area contributed by atoms with E-state index in [1.165, 1.54) is 0 Å². The fraction of sp³-hybridized carbons (Fsp3) is 0.833. The molecular formula is C6H13KO7Zr. The van der Waals surface area contributed by atoms with Gasteiger partial charge in [0.05, 0.1) is 6.61 Å². The summed E-state index contributed by atoms with van der Waals surface area (Å²) >= 11 is 0. The largest absolute Gasteiger partial charge is 1.00 e. The summed E-state index contributed by atoms with van der Waals surface area (Å²) < 4.78 is 0. The quantitative estimate of drug-likeness (QED) is 0.276. The van der Waals surface area contributed by atoms with E-state index in [4.69, 9.17) is 30.6 Å². The van der Waals surface area contributed by atoms with Crippen molar-refractivity contribution in [3.63, 3.8) is 0 Å². The smallest absolute Gasteiger partial charge is 1.00 e. The molecule has 9 heteroatoms. The van der Waals surface area contributed by atoms with Gasteiger partial charge in [0.1, 0.15) is 18.3 Å². The topological polar surface area (TPSA) is 138 Å². The second-order valence-electron chi connectivity index (χ2n) is 2.51. The van der Waals surface area contributed by atoms with E-state index >= 15 is 0 Å². The van der Waals surface area contributed by atoms with Gasteiger partial charge in [-0.2, -0.15) is 0 Å². The minimum atomic E-state index is -2.20. The fourth-order valence-corrected chi connectivity index (χ4v) is 0.668. The molecule has 4 atom stereocenters. The summed E-state index contributed by atoms with van der Waals surface area (Å²) in [6.07, 6.45) is -7.84. The Hall–Kier alpha value is 1.79. The van der Waals surface area contributed by atoms with Crippen molar-refractivity contribution in [3.05, 3.63) is 0 Å². The summed E-state index contributed by atoms with van der Waals surface area (Å²) in [5.74, 6) is -1.73. The Kier molecular flexibility index (Phi) is 16.0. The summed E-state index contributed by atoms with van der Waals surface area (Å²) in [7, 11) is 0. The van der Waals surface area contributed by atoms with Crippen LogP contribution in [0.25, 0.3) is 0 Å². The van der Waals surface area contributed by atoms with E-state index < -0.39 is 37.0 Å². The molecule has 0 radical (unpaired) electrons. The van der Waals surface area contributed by atoms with Gasteiger partial charge < -0.3 is 32.1 Å². The molecule has 0 saturated carbocycles. The van der Waals surface area contributed by atoms with Crippen LogP contribution in [0.4, 0.5) is 0 Å². The van der Waals surface area contributed by atoms with Crippen molar-refractivity contribution < 1.29 is 114 Å². The normalized spacial score (nSPS) is 17.7. The second-order valence-corrected chi connectivity index (χ2v) is 2.51. The van der Waals surface area contributed by atoms with Crippen LogP contribution in [0.1, 0.15) is 1.43 Å². The number of aliphatic carboxylic acids is 1. The molecule has 0 saturated heterocycles. The number of hydrogen-bond donors (Lipinski definition) is 6. The van der Waals surface area contributed by atoms with Crippen LogP contribution in [0.15, 0.2) is 0 Å². The molecule has 15 heavy (non-hydrogen) atoms. The van der Waals surface area contributed by atoms with Crippen LogP contribution in [0.3, 0.4) is 0 Å². The molecule has 0 heterocycles. The molecule has 0 aromatic rings. The molecule has 0 aromatic carbocycles. The van der Waals surface area contributed by atoms with Gasteiger partial charge in [0.15, 0.2) is 6.10 Å². The Morgan fingerprint density at radius 2 is 1.53 bits per heavy atom. The molecule has 0 spiro atoms. The van der Waals surface area contributed by atoms with E-state index in [1.54, 1.807) is 0 Å². The predicted octanol–water partition coefficient (Wildman–Crippen LogP) is -6.38. The Morgan fingerprint density at radius 1 is 1.13 bits per heavy atom. The first-order valence-corrected chi connectivity index (χ1v) is 3.47. The van der Waals surface area contributed by atoms with Crippen LogP contribution < -0.4 is 51.4 Å². The average Bonchev–Trinajstić information content (AvgIpc) is 2.12. The predicted molar refractivity (Wildman–Crippen MR) is 39.9 cm³/mol. The summed E-state index contributed by atoms with van der Waals surface area (Å²) in [6, 6.07) is 0. The van der Waals surface area contributed by atoms with Crippen LogP contribution >= 0.6 is 0 Å². The Labute approximate surface area is 149 Å². The van der Waals surface area contributed by atoms with Crippen molar-refractivity contribution in [1.29, 1.82) is 0 Å². The average molecular weight is 327 g/mol. The van der Waals surface area contributed by atoms with E-state index in [-0.39, 0.29) is 79.0 Å².